The smallest absolute Gasteiger partial charge is 0.206 e. The lowest BCUT2D eigenvalue weighted by atomic mass is 10.0. The number of nitrogens with one attached hydrogen (secondary N) is 1. The van der Waals surface area contributed by atoms with Gasteiger partial charge in [-0.05, 0) is 62.1 Å². The van der Waals surface area contributed by atoms with Gasteiger partial charge in [0.15, 0.2) is 0 Å². The number of hydrogen-bond donors (Lipinski definition) is 2. The Morgan fingerprint density at radius 2 is 2.10 bits per heavy atom. The highest BCUT2D eigenvalue weighted by Crippen LogP contribution is 2.33. The molecule has 3 aliphatic rings. The summed E-state index contributed by atoms with van der Waals surface area (Å²) in [5, 5.41) is 14.3. The van der Waals surface area contributed by atoms with Crippen LogP contribution in [-0.4, -0.2) is 42.1 Å². The molecule has 0 radical (unpaired) electrons. The first-order valence-corrected chi connectivity index (χ1v) is 11.5. The lowest BCUT2D eigenvalue weighted by molar-refractivity contribution is 0.170. The summed E-state index contributed by atoms with van der Waals surface area (Å²) in [4.78, 5) is 8.99. The van der Waals surface area contributed by atoms with Crippen LogP contribution in [0, 0.1) is 5.92 Å². The fourth-order valence-electron chi connectivity index (χ4n) is 4.33. The van der Waals surface area contributed by atoms with Crippen LogP contribution in [-0.2, 0) is 0 Å². The number of aliphatic hydroxyl groups is 1. The average molecular weight is 443 g/mol. The number of allylic oxidation sites excluding steroid dienone is 1. The van der Waals surface area contributed by atoms with Crippen molar-refractivity contribution >= 4 is 23.1 Å². The number of piperidine rings is 1. The van der Waals surface area contributed by atoms with Gasteiger partial charge in [-0.25, -0.2) is 4.99 Å². The van der Waals surface area contributed by atoms with Crippen LogP contribution in [0.15, 0.2) is 63.8 Å². The Bertz CT molecular complexity index is 920. The standard InChI is InChI=1S/C24H31ClN4O2/c1-3-23-27-21-15-26-22(25)14-20(21)24(30)29(23)18-7-9-19(10-8-18)31-13-5-12-28-11-4-6-17(2)16-28/h7-10,14-15,17,26,30H,3-6,11-13,16H2,1-2H3/t17-/m0/s1. The summed E-state index contributed by atoms with van der Waals surface area (Å²) in [5.41, 5.74) is 2.12. The molecule has 1 fully saturated rings. The number of aliphatic imine (C=N–C) groups is 1. The second-order valence-corrected chi connectivity index (χ2v) is 8.77. The zero-order chi connectivity index (χ0) is 21.8. The van der Waals surface area contributed by atoms with E-state index in [0.717, 1.165) is 36.2 Å². The maximum atomic E-state index is 10.9. The SMILES string of the molecule is CCC1=NC2=CNC(Cl)=CC2=C(O)N1c1ccc(OCCCN2CCC[C@H](C)C2)cc1. The van der Waals surface area contributed by atoms with E-state index in [1.165, 1.54) is 25.9 Å². The van der Waals surface area contributed by atoms with Crippen molar-refractivity contribution < 1.29 is 9.84 Å². The molecule has 0 saturated carbocycles. The summed E-state index contributed by atoms with van der Waals surface area (Å²) in [6.45, 7) is 8.57. The van der Waals surface area contributed by atoms with E-state index in [1.54, 1.807) is 17.2 Å². The predicted octanol–water partition coefficient (Wildman–Crippen LogP) is 5.11. The number of fused-ring (bicyclic) bond motifs is 1. The molecule has 31 heavy (non-hydrogen) atoms. The van der Waals surface area contributed by atoms with E-state index in [1.807, 2.05) is 31.2 Å². The number of amidine groups is 1. The summed E-state index contributed by atoms with van der Waals surface area (Å²) in [7, 11) is 0. The summed E-state index contributed by atoms with van der Waals surface area (Å²) in [6, 6.07) is 7.79. The van der Waals surface area contributed by atoms with Gasteiger partial charge >= 0.3 is 0 Å². The lowest BCUT2D eigenvalue weighted by Gasteiger charge is -2.31. The monoisotopic (exact) mass is 442 g/mol. The number of ether oxygens (including phenoxy) is 1. The number of nitrogens with zero attached hydrogens (tertiary/aromatic N) is 3. The molecular weight excluding hydrogens is 412 g/mol. The fourth-order valence-corrected chi connectivity index (χ4v) is 4.49. The number of hydrogen-bond acceptors (Lipinski definition) is 6. The van der Waals surface area contributed by atoms with Crippen molar-refractivity contribution in [1.29, 1.82) is 0 Å². The van der Waals surface area contributed by atoms with E-state index in [4.69, 9.17) is 16.3 Å². The van der Waals surface area contributed by atoms with Crippen LogP contribution >= 0.6 is 11.6 Å². The zero-order valence-corrected chi connectivity index (χ0v) is 19.0. The zero-order valence-electron chi connectivity index (χ0n) is 18.3. The minimum absolute atomic E-state index is 0.127. The fraction of sp³-hybridized carbons (Fsp3) is 0.458. The molecule has 7 heteroatoms. The van der Waals surface area contributed by atoms with Crippen molar-refractivity contribution in [2.24, 2.45) is 10.9 Å². The minimum Gasteiger partial charge on any atom is -0.494 e. The van der Waals surface area contributed by atoms with Crippen LogP contribution in [0.1, 0.15) is 39.5 Å². The first-order valence-electron chi connectivity index (χ1n) is 11.2. The molecule has 0 amide bonds. The molecular formula is C24H31ClN4O2. The molecule has 1 atom stereocenters. The third-order valence-corrected chi connectivity index (χ3v) is 6.11. The van der Waals surface area contributed by atoms with E-state index < -0.39 is 0 Å². The second kappa shape index (κ2) is 9.79. The maximum absolute atomic E-state index is 10.9. The summed E-state index contributed by atoms with van der Waals surface area (Å²) >= 11 is 6.08. The molecule has 1 saturated heterocycles. The molecule has 0 bridgehead atoms. The Balaban J connectivity index is 1.38. The number of dihydropyridines is 1. The molecule has 4 rings (SSSR count). The molecule has 0 aromatic heterocycles. The Labute approximate surface area is 189 Å². The van der Waals surface area contributed by atoms with Crippen LogP contribution in [0.3, 0.4) is 0 Å². The highest BCUT2D eigenvalue weighted by Gasteiger charge is 2.28. The van der Waals surface area contributed by atoms with E-state index in [9.17, 15) is 5.11 Å². The topological polar surface area (TPSA) is 60.3 Å². The van der Waals surface area contributed by atoms with Crippen LogP contribution in [0.4, 0.5) is 5.69 Å². The number of likely N-dealkylation sites (tertiary alicyclic amines) is 1. The molecule has 0 unspecified atom stereocenters. The van der Waals surface area contributed by atoms with Gasteiger partial charge in [-0.3, -0.25) is 4.90 Å². The molecule has 1 aromatic carbocycles. The maximum Gasteiger partial charge on any atom is 0.206 e. The average Bonchev–Trinajstić information content (AvgIpc) is 2.78. The number of anilines is 1. The van der Waals surface area contributed by atoms with Crippen molar-refractivity contribution in [2.45, 2.75) is 39.5 Å². The van der Waals surface area contributed by atoms with Gasteiger partial charge in [-0.1, -0.05) is 25.4 Å². The number of aliphatic hydroxyl groups excluding tert-OH is 1. The number of halogens is 1. The van der Waals surface area contributed by atoms with Crippen molar-refractivity contribution in [3.63, 3.8) is 0 Å². The molecule has 1 aromatic rings. The normalized spacial score (nSPS) is 21.7. The van der Waals surface area contributed by atoms with Gasteiger partial charge in [0.25, 0.3) is 0 Å². The Morgan fingerprint density at radius 1 is 1.29 bits per heavy atom. The van der Waals surface area contributed by atoms with E-state index in [-0.39, 0.29) is 5.88 Å². The van der Waals surface area contributed by atoms with Crippen molar-refractivity contribution in [3.8, 4) is 5.75 Å². The molecule has 0 aliphatic carbocycles. The van der Waals surface area contributed by atoms with Crippen LogP contribution in [0.25, 0.3) is 0 Å². The Morgan fingerprint density at radius 3 is 2.84 bits per heavy atom. The Kier molecular flexibility index (Phi) is 6.88. The number of benzene rings is 1. The van der Waals surface area contributed by atoms with Crippen LogP contribution < -0.4 is 15.0 Å². The summed E-state index contributed by atoms with van der Waals surface area (Å²) in [5.74, 6) is 2.54. The lowest BCUT2D eigenvalue weighted by Crippen LogP contribution is -2.35. The van der Waals surface area contributed by atoms with Gasteiger partial charge in [0, 0.05) is 25.7 Å². The first-order chi connectivity index (χ1) is 15.0. The molecule has 3 heterocycles. The van der Waals surface area contributed by atoms with Gasteiger partial charge in [-0.2, -0.15) is 0 Å². The van der Waals surface area contributed by atoms with Crippen LogP contribution in [0.2, 0.25) is 0 Å². The van der Waals surface area contributed by atoms with E-state index >= 15 is 0 Å². The van der Waals surface area contributed by atoms with Crippen molar-refractivity contribution in [3.05, 3.63) is 58.9 Å². The van der Waals surface area contributed by atoms with E-state index in [0.29, 0.717) is 29.5 Å². The third kappa shape index (κ3) is 5.08. The molecule has 166 valence electrons. The van der Waals surface area contributed by atoms with Crippen molar-refractivity contribution in [1.82, 2.24) is 10.2 Å². The van der Waals surface area contributed by atoms with E-state index in [2.05, 4.69) is 22.1 Å². The van der Waals surface area contributed by atoms with Gasteiger partial charge in [0.05, 0.1) is 23.6 Å². The van der Waals surface area contributed by atoms with Gasteiger partial charge in [0.1, 0.15) is 16.7 Å². The first kappa shape index (κ1) is 21.8. The Hall–Kier alpha value is -2.44. The van der Waals surface area contributed by atoms with Crippen molar-refractivity contribution in [2.75, 3.05) is 31.1 Å². The second-order valence-electron chi connectivity index (χ2n) is 8.36. The molecule has 2 N–H and O–H groups in total. The number of rotatable bonds is 7. The highest BCUT2D eigenvalue weighted by molar-refractivity contribution is 6.29. The predicted molar refractivity (Wildman–Crippen MR) is 126 cm³/mol. The van der Waals surface area contributed by atoms with Gasteiger partial charge in [0.2, 0.25) is 5.88 Å². The molecule has 6 nitrogen and oxygen atoms in total. The quantitative estimate of drug-likeness (QED) is 0.454. The van der Waals surface area contributed by atoms with Gasteiger partial charge in [-0.15, -0.1) is 0 Å². The minimum atomic E-state index is 0.127. The highest BCUT2D eigenvalue weighted by atomic mass is 35.5. The summed E-state index contributed by atoms with van der Waals surface area (Å²) in [6.07, 6.45) is 7.76. The molecule has 0 spiro atoms. The molecule has 3 aliphatic heterocycles. The largest absolute Gasteiger partial charge is 0.494 e. The van der Waals surface area contributed by atoms with Crippen LogP contribution in [0.5, 0.6) is 5.75 Å². The third-order valence-electron chi connectivity index (χ3n) is 5.89. The van der Waals surface area contributed by atoms with Gasteiger partial charge < -0.3 is 20.1 Å². The summed E-state index contributed by atoms with van der Waals surface area (Å²) < 4.78 is 5.95.